The lowest BCUT2D eigenvalue weighted by atomic mass is 10.2. The van der Waals surface area contributed by atoms with Crippen LogP contribution in [0.2, 0.25) is 5.02 Å². The van der Waals surface area contributed by atoms with Crippen LogP contribution in [0.5, 0.6) is 5.88 Å². The van der Waals surface area contributed by atoms with Gasteiger partial charge in [0.15, 0.2) is 0 Å². The van der Waals surface area contributed by atoms with Crippen molar-refractivity contribution in [2.45, 2.75) is 25.4 Å². The maximum atomic E-state index is 6.23. The molecule has 1 aromatic carbocycles. The van der Waals surface area contributed by atoms with E-state index in [1.807, 2.05) is 35.2 Å². The summed E-state index contributed by atoms with van der Waals surface area (Å²) in [5.74, 6) is 1.67. The Morgan fingerprint density at radius 1 is 1.15 bits per heavy atom. The lowest BCUT2D eigenvalue weighted by molar-refractivity contribution is 0.377. The Bertz CT molecular complexity index is 1130. The number of halogens is 1. The van der Waals surface area contributed by atoms with E-state index in [1.54, 1.807) is 19.6 Å². The SMILES string of the molecule is COc1cncn1Cc1cncc(-c2nc3ccc(Cl)cc3n2C2CC2)c1. The largest absolute Gasteiger partial charge is 0.481 e. The minimum absolute atomic E-state index is 0.487. The van der Waals surface area contributed by atoms with E-state index in [0.29, 0.717) is 12.6 Å². The van der Waals surface area contributed by atoms with Crippen molar-refractivity contribution in [2.24, 2.45) is 0 Å². The number of ether oxygens (including phenoxy) is 1. The Balaban J connectivity index is 1.58. The Morgan fingerprint density at radius 2 is 2.04 bits per heavy atom. The zero-order chi connectivity index (χ0) is 18.4. The zero-order valence-electron chi connectivity index (χ0n) is 14.8. The summed E-state index contributed by atoms with van der Waals surface area (Å²) in [6.07, 6.45) is 9.54. The van der Waals surface area contributed by atoms with Gasteiger partial charge in [0.25, 0.3) is 0 Å². The molecule has 0 amide bonds. The van der Waals surface area contributed by atoms with Crippen molar-refractivity contribution < 1.29 is 4.74 Å². The fraction of sp³-hybridized carbons (Fsp3) is 0.250. The van der Waals surface area contributed by atoms with Gasteiger partial charge in [-0.25, -0.2) is 9.97 Å². The number of rotatable bonds is 5. The molecule has 1 aliphatic carbocycles. The Morgan fingerprint density at radius 3 is 2.85 bits per heavy atom. The molecule has 0 spiro atoms. The average molecular weight is 380 g/mol. The summed E-state index contributed by atoms with van der Waals surface area (Å²) in [5.41, 5.74) is 4.12. The third-order valence-electron chi connectivity index (χ3n) is 4.85. The summed E-state index contributed by atoms with van der Waals surface area (Å²) < 4.78 is 9.59. The highest BCUT2D eigenvalue weighted by molar-refractivity contribution is 6.31. The molecule has 27 heavy (non-hydrogen) atoms. The van der Waals surface area contributed by atoms with E-state index in [9.17, 15) is 0 Å². The van der Waals surface area contributed by atoms with Crippen LogP contribution in [0.1, 0.15) is 24.4 Å². The van der Waals surface area contributed by atoms with Crippen molar-refractivity contribution in [1.82, 2.24) is 24.1 Å². The van der Waals surface area contributed by atoms with Crippen LogP contribution in [0.4, 0.5) is 0 Å². The quantitative estimate of drug-likeness (QED) is 0.517. The first-order chi connectivity index (χ1) is 13.2. The molecule has 1 aliphatic rings. The molecular formula is C20H18ClN5O. The van der Waals surface area contributed by atoms with Crippen molar-refractivity contribution in [2.75, 3.05) is 7.11 Å². The summed E-state index contributed by atoms with van der Waals surface area (Å²) in [6.45, 7) is 0.638. The third-order valence-corrected chi connectivity index (χ3v) is 5.09. The van der Waals surface area contributed by atoms with Gasteiger partial charge in [-0.15, -0.1) is 0 Å². The standard InChI is InChI=1S/C20H18ClN5O/c1-27-19-10-23-12-25(19)11-13-6-14(9-22-8-13)20-24-17-5-2-15(21)7-18(17)26(20)16-3-4-16/h2,5-10,12,16H,3-4,11H2,1H3. The van der Waals surface area contributed by atoms with Gasteiger partial charge < -0.3 is 9.30 Å². The minimum atomic E-state index is 0.487. The Labute approximate surface area is 161 Å². The first kappa shape index (κ1) is 16.3. The number of nitrogens with zero attached hydrogens (tertiary/aromatic N) is 5. The molecule has 0 unspecified atom stereocenters. The molecule has 7 heteroatoms. The Hall–Kier alpha value is -2.86. The molecule has 4 aromatic rings. The number of fused-ring (bicyclic) bond motifs is 1. The molecule has 1 fully saturated rings. The maximum Gasteiger partial charge on any atom is 0.213 e. The number of aromatic nitrogens is 5. The zero-order valence-corrected chi connectivity index (χ0v) is 15.6. The van der Waals surface area contributed by atoms with Gasteiger partial charge in [-0.1, -0.05) is 11.6 Å². The molecule has 6 nitrogen and oxygen atoms in total. The first-order valence-corrected chi connectivity index (χ1v) is 9.26. The number of pyridine rings is 1. The number of benzene rings is 1. The van der Waals surface area contributed by atoms with Crippen LogP contribution in [-0.2, 0) is 6.54 Å². The van der Waals surface area contributed by atoms with E-state index in [1.165, 1.54) is 12.8 Å². The van der Waals surface area contributed by atoms with Crippen LogP contribution in [0, 0.1) is 0 Å². The third kappa shape index (κ3) is 2.96. The molecule has 5 rings (SSSR count). The van der Waals surface area contributed by atoms with Crippen LogP contribution in [0.15, 0.2) is 49.2 Å². The number of methoxy groups -OCH3 is 1. The molecule has 0 saturated heterocycles. The van der Waals surface area contributed by atoms with E-state index >= 15 is 0 Å². The van der Waals surface area contributed by atoms with Gasteiger partial charge in [0, 0.05) is 29.0 Å². The van der Waals surface area contributed by atoms with Crippen molar-refractivity contribution in [3.63, 3.8) is 0 Å². The first-order valence-electron chi connectivity index (χ1n) is 8.89. The van der Waals surface area contributed by atoms with Crippen molar-refractivity contribution >= 4 is 22.6 Å². The van der Waals surface area contributed by atoms with Gasteiger partial charge in [0.2, 0.25) is 5.88 Å². The second-order valence-electron chi connectivity index (χ2n) is 6.82. The average Bonchev–Trinajstić information content (AvgIpc) is 3.30. The number of hydrogen-bond acceptors (Lipinski definition) is 4. The van der Waals surface area contributed by atoms with Crippen LogP contribution >= 0.6 is 11.6 Å². The summed E-state index contributed by atoms with van der Waals surface area (Å²) in [7, 11) is 1.64. The van der Waals surface area contributed by atoms with Gasteiger partial charge in [0.1, 0.15) is 5.82 Å². The van der Waals surface area contributed by atoms with Gasteiger partial charge in [0.05, 0.1) is 37.2 Å². The topological polar surface area (TPSA) is 57.8 Å². The van der Waals surface area contributed by atoms with Crippen molar-refractivity contribution in [1.29, 1.82) is 0 Å². The van der Waals surface area contributed by atoms with Crippen LogP contribution in [0.3, 0.4) is 0 Å². The summed E-state index contributed by atoms with van der Waals surface area (Å²) >= 11 is 6.23. The molecule has 3 aromatic heterocycles. The number of imidazole rings is 2. The van der Waals surface area contributed by atoms with E-state index in [0.717, 1.165) is 38.9 Å². The highest BCUT2D eigenvalue weighted by atomic mass is 35.5. The van der Waals surface area contributed by atoms with E-state index < -0.39 is 0 Å². The number of hydrogen-bond donors (Lipinski definition) is 0. The highest BCUT2D eigenvalue weighted by Gasteiger charge is 2.29. The maximum absolute atomic E-state index is 6.23. The highest BCUT2D eigenvalue weighted by Crippen LogP contribution is 2.41. The molecule has 0 aliphatic heterocycles. The molecule has 0 bridgehead atoms. The summed E-state index contributed by atoms with van der Waals surface area (Å²) in [6, 6.07) is 8.49. The molecule has 0 radical (unpaired) electrons. The molecule has 0 N–H and O–H groups in total. The van der Waals surface area contributed by atoms with Crippen LogP contribution in [-0.4, -0.2) is 31.2 Å². The molecule has 0 atom stereocenters. The Kier molecular flexibility index (Phi) is 3.86. The normalized spacial score (nSPS) is 14.0. The molecule has 3 heterocycles. The summed E-state index contributed by atoms with van der Waals surface area (Å²) in [4.78, 5) is 13.5. The predicted molar refractivity (Wildman–Crippen MR) is 104 cm³/mol. The fourth-order valence-electron chi connectivity index (χ4n) is 3.46. The summed E-state index contributed by atoms with van der Waals surface area (Å²) in [5, 5.41) is 0.731. The molecule has 1 saturated carbocycles. The fourth-order valence-corrected chi connectivity index (χ4v) is 3.63. The monoisotopic (exact) mass is 379 g/mol. The minimum Gasteiger partial charge on any atom is -0.481 e. The van der Waals surface area contributed by atoms with Gasteiger partial charge in [-0.05, 0) is 42.7 Å². The van der Waals surface area contributed by atoms with E-state index in [-0.39, 0.29) is 0 Å². The van der Waals surface area contributed by atoms with Crippen molar-refractivity contribution in [3.05, 3.63) is 59.8 Å². The van der Waals surface area contributed by atoms with Crippen LogP contribution < -0.4 is 4.74 Å². The predicted octanol–water partition coefficient (Wildman–Crippen LogP) is 4.34. The lowest BCUT2D eigenvalue weighted by Crippen LogP contribution is -2.03. The second kappa shape index (κ2) is 6.39. The molecule has 136 valence electrons. The molecular weight excluding hydrogens is 362 g/mol. The smallest absolute Gasteiger partial charge is 0.213 e. The van der Waals surface area contributed by atoms with Crippen LogP contribution in [0.25, 0.3) is 22.4 Å². The van der Waals surface area contributed by atoms with Crippen molar-refractivity contribution in [3.8, 4) is 17.3 Å². The second-order valence-corrected chi connectivity index (χ2v) is 7.25. The van der Waals surface area contributed by atoms with E-state index in [2.05, 4.69) is 20.6 Å². The van der Waals surface area contributed by atoms with Gasteiger partial charge in [-0.3, -0.25) is 9.55 Å². The van der Waals surface area contributed by atoms with E-state index in [4.69, 9.17) is 21.3 Å². The van der Waals surface area contributed by atoms with Gasteiger partial charge in [-0.2, -0.15) is 0 Å². The lowest BCUT2D eigenvalue weighted by Gasteiger charge is -2.10. The van der Waals surface area contributed by atoms with Gasteiger partial charge >= 0.3 is 0 Å².